The summed E-state index contributed by atoms with van der Waals surface area (Å²) in [7, 11) is 0. The fourth-order valence-corrected chi connectivity index (χ4v) is 0. The van der Waals surface area contributed by atoms with E-state index < -0.39 is 0 Å². The zero-order chi connectivity index (χ0) is 5.41. The van der Waals surface area contributed by atoms with Crippen molar-refractivity contribution < 1.29 is 0 Å². The van der Waals surface area contributed by atoms with Gasteiger partial charge in [0.1, 0.15) is 0 Å². The molecule has 0 aromatic heterocycles. The Morgan fingerprint density at radius 2 is 1.17 bits per heavy atom. The van der Waals surface area contributed by atoms with Crippen molar-refractivity contribution in [2.75, 3.05) is 0 Å². The summed E-state index contributed by atoms with van der Waals surface area (Å²) in [4.78, 5) is 3.25. The van der Waals surface area contributed by atoms with Gasteiger partial charge in [-0.25, -0.2) is 0 Å². The number of nitrogens with one attached hydrogen (secondary N) is 1. The van der Waals surface area contributed by atoms with Gasteiger partial charge in [-0.15, -0.1) is 5.53 Å². The van der Waals surface area contributed by atoms with Crippen molar-refractivity contribution in [2.24, 2.45) is 0 Å². The van der Waals surface area contributed by atoms with Gasteiger partial charge in [-0.3, -0.25) is 4.91 Å². The lowest BCUT2D eigenvalue weighted by Gasteiger charge is -1.31. The van der Waals surface area contributed by atoms with Crippen LogP contribution in [0.3, 0.4) is 0 Å². The van der Waals surface area contributed by atoms with Crippen LogP contribution in [0.4, 0.5) is 0 Å². The van der Waals surface area contributed by atoms with Gasteiger partial charge in [-0.05, 0) is 10.4 Å². The van der Waals surface area contributed by atoms with Crippen LogP contribution >= 0.6 is 0 Å². The van der Waals surface area contributed by atoms with Crippen LogP contribution in [0.1, 0.15) is 0 Å². The van der Waals surface area contributed by atoms with Crippen LogP contribution in [0, 0.1) is 5.53 Å². The Labute approximate surface area is 33.2 Å². The molecule has 1 N–H and O–H groups in total. The topological polar surface area (TPSA) is 119 Å². The van der Waals surface area contributed by atoms with Gasteiger partial charge in [-0.1, -0.05) is 0 Å². The highest BCUT2D eigenvalue weighted by atomic mass is 15.0. The second-order valence-corrected chi connectivity index (χ2v) is 0.189. The molecule has 0 aliphatic carbocycles. The highest BCUT2D eigenvalue weighted by Gasteiger charge is 0.973. The molecule has 0 saturated heterocycles. The van der Waals surface area contributed by atoms with Gasteiger partial charge in [0.25, 0.3) is 0 Å². The minimum Gasteiger partial charge on any atom is -0.373 e. The molecule has 0 radical (unpaired) electrons. The lowest BCUT2D eigenvalue weighted by atomic mass is 13.0. The smallest absolute Gasteiger partial charge is 0.00208 e. The molecule has 6 heteroatoms. The Morgan fingerprint density at radius 3 is 1.17 bits per heavy atom. The lowest BCUT2D eigenvalue weighted by Crippen LogP contribution is -0.769. The number of hydrogen-bond acceptors (Lipinski definition) is 1. The number of hydrogen-bond donors (Lipinski definition) is 1. The van der Waals surface area contributed by atoms with Gasteiger partial charge in [-0.2, -0.15) is 0 Å². The second-order valence-electron chi connectivity index (χ2n) is 0.189. The first-order valence-electron chi connectivity index (χ1n) is 0.824. The first-order chi connectivity index (χ1) is 2.83. The van der Waals surface area contributed by atoms with Crippen LogP contribution in [0.5, 0.6) is 0 Å². The maximum Gasteiger partial charge on any atom is -0.00208 e. The van der Waals surface area contributed by atoms with Crippen LogP contribution < -0.4 is 0 Å². The van der Waals surface area contributed by atoms with Crippen LogP contribution in [0.15, 0.2) is 0 Å². The Bertz CT molecular complexity index is 54.0. The number of rotatable bonds is 0. The maximum absolute atomic E-state index is 6.86. The Kier molecular flexibility index (Phi) is 95.0. The molecule has 0 aliphatic rings. The predicted octanol–water partition coefficient (Wildman–Crippen LogP) is 1.74. The Morgan fingerprint density at radius 1 is 1.17 bits per heavy atom. The van der Waals surface area contributed by atoms with Crippen molar-refractivity contribution in [2.45, 2.75) is 0 Å². The van der Waals surface area contributed by atoms with E-state index in [0.29, 0.717) is 0 Å². The maximum atomic E-state index is 6.86. The van der Waals surface area contributed by atoms with Crippen LogP contribution in [0.25, 0.3) is 26.4 Å². The van der Waals surface area contributed by atoms with Crippen LogP contribution in [-0.4, -0.2) is 0 Å². The minimum absolute atomic E-state index is 1.50. The Balaban J connectivity index is 0. The molecule has 0 spiro atoms. The molecule has 0 heterocycles. The van der Waals surface area contributed by atoms with Crippen molar-refractivity contribution in [3.8, 4) is 0 Å². The highest BCUT2D eigenvalue weighted by molar-refractivity contribution is 4.36. The molecule has 0 saturated carbocycles. The molecular weight excluding hydrogens is 84.0 g/mol. The summed E-state index contributed by atoms with van der Waals surface area (Å²) in [5.74, 6) is 0. The lowest BCUT2D eigenvalue weighted by molar-refractivity contribution is 1.45. The fourth-order valence-electron chi connectivity index (χ4n) is 0. The molecule has 0 unspecified atom stereocenters. The van der Waals surface area contributed by atoms with E-state index in [0.717, 1.165) is 0 Å². The molecule has 0 aromatic carbocycles. The first-order valence-corrected chi connectivity index (χ1v) is 0.824. The van der Waals surface area contributed by atoms with E-state index in [4.69, 9.17) is 22.1 Å². The molecule has 32 valence electrons. The van der Waals surface area contributed by atoms with E-state index in [2.05, 4.69) is 0 Å². The van der Waals surface area contributed by atoms with Crippen LogP contribution in [-0.2, 0) is 0 Å². The molecule has 0 atom stereocenters. The summed E-state index contributed by atoms with van der Waals surface area (Å²) in [6.07, 6.45) is 0. The van der Waals surface area contributed by atoms with Crippen molar-refractivity contribution in [3.63, 3.8) is 0 Å². The van der Waals surface area contributed by atoms with E-state index in [1.807, 2.05) is 0 Å². The molecule has 0 rings (SSSR count). The van der Waals surface area contributed by atoms with Gasteiger partial charge >= 0.3 is 0 Å². The quantitative estimate of drug-likeness (QED) is 0.262. The summed E-state index contributed by atoms with van der Waals surface area (Å²) in [5, 5.41) is 0. The Hall–Kier alpha value is -1.38. The third kappa shape index (κ3) is 3.61. The zero-order valence-electron chi connectivity index (χ0n) is 2.74. The largest absolute Gasteiger partial charge is 0.373 e. The zero-order valence-corrected chi connectivity index (χ0v) is 2.74. The number of nitrogens with zero attached hydrogens (tertiary/aromatic N) is 5. The third-order valence-electron chi connectivity index (χ3n) is 0. The molecule has 6 heavy (non-hydrogen) atoms. The predicted molar refractivity (Wildman–Crippen MR) is 19.5 cm³/mol. The van der Waals surface area contributed by atoms with E-state index in [-0.39, 0.29) is 0 Å². The average molecular weight is 85.1 g/mol. The highest BCUT2D eigenvalue weighted by Crippen LogP contribution is 1.29. The van der Waals surface area contributed by atoms with Gasteiger partial charge in [0.2, 0.25) is 0 Å². The third-order valence-corrected chi connectivity index (χ3v) is 0. The standard InChI is InChI=1S/HN3.N3/c2*1-3-2/h1H;/q;-1. The summed E-state index contributed by atoms with van der Waals surface area (Å²) < 4.78 is 0. The van der Waals surface area contributed by atoms with Crippen molar-refractivity contribution in [1.82, 2.24) is 0 Å². The average Bonchev–Trinajstić information content (AvgIpc) is 1.39. The summed E-state index contributed by atoms with van der Waals surface area (Å²) >= 11 is 0. The van der Waals surface area contributed by atoms with Gasteiger partial charge in [0, 0.05) is 0 Å². The van der Waals surface area contributed by atoms with E-state index in [1.165, 1.54) is 4.91 Å². The normalized spacial score (nSPS) is 2.67. The molecule has 0 bridgehead atoms. The van der Waals surface area contributed by atoms with E-state index in [9.17, 15) is 0 Å². The fraction of sp³-hybridized carbons (Fsp3) is 0. The SMILES string of the molecule is [N-]=[N+]=N.[N-]=[N+]=[N-]. The summed E-state index contributed by atoms with van der Waals surface area (Å²) in [6, 6.07) is 0. The molecule has 0 aliphatic heterocycles. The van der Waals surface area contributed by atoms with Gasteiger partial charge in [0.05, 0.1) is 0 Å². The van der Waals surface area contributed by atoms with Crippen molar-refractivity contribution in [3.05, 3.63) is 26.4 Å². The molecule has 0 amide bonds. The monoisotopic (exact) mass is 85.0 g/mol. The summed E-state index contributed by atoms with van der Waals surface area (Å²) in [6.45, 7) is 0. The minimum atomic E-state index is 1.50. The van der Waals surface area contributed by atoms with E-state index >= 15 is 0 Å². The van der Waals surface area contributed by atoms with E-state index in [1.54, 1.807) is 4.91 Å². The first kappa shape index (κ1) is 8.82. The molecule has 6 nitrogen and oxygen atoms in total. The van der Waals surface area contributed by atoms with Crippen LogP contribution in [0.2, 0.25) is 0 Å². The van der Waals surface area contributed by atoms with Gasteiger partial charge < -0.3 is 11.1 Å². The van der Waals surface area contributed by atoms with Crippen molar-refractivity contribution in [1.29, 1.82) is 5.53 Å². The van der Waals surface area contributed by atoms with Gasteiger partial charge in [0.15, 0.2) is 0 Å². The summed E-state index contributed by atoms with van der Waals surface area (Å²) in [5.41, 5.74) is 25.8. The molecule has 0 fully saturated rings. The second kappa shape index (κ2) is 64.6. The van der Waals surface area contributed by atoms with Crippen molar-refractivity contribution >= 4 is 0 Å². The molecule has 0 aromatic rings. The molecular formula is HN6-.